The molecule has 1 heterocycles. The van der Waals surface area contributed by atoms with Crippen molar-refractivity contribution < 1.29 is 18.4 Å². The van der Waals surface area contributed by atoms with Gasteiger partial charge in [0, 0.05) is 19.9 Å². The minimum Gasteiger partial charge on any atom is -0.333 e. The number of hydrogen-bond acceptors (Lipinski definition) is 2. The summed E-state index contributed by atoms with van der Waals surface area (Å²) in [6.45, 7) is 2.19. The summed E-state index contributed by atoms with van der Waals surface area (Å²) in [6.07, 6.45) is -0.0490. The number of alkyl halides is 2. The quantitative estimate of drug-likeness (QED) is 0.636. The van der Waals surface area contributed by atoms with Gasteiger partial charge in [-0.05, 0) is 6.92 Å². The fourth-order valence-electron chi connectivity index (χ4n) is 1.41. The van der Waals surface area contributed by atoms with E-state index in [1.54, 1.807) is 0 Å². The highest BCUT2D eigenvalue weighted by atomic mass is 19.3. The standard InChI is InChI=1S/C9H13F2NO2/c1-6(9(2,10)11)12-4-3-7(13)5-8(12)14/h6H,3-5H2,1-2H3. The molecule has 1 aliphatic heterocycles. The molecule has 1 fully saturated rings. The maximum Gasteiger partial charge on any atom is 0.265 e. The molecule has 0 spiro atoms. The van der Waals surface area contributed by atoms with Crippen molar-refractivity contribution in [3.8, 4) is 0 Å². The SMILES string of the molecule is CC(N1CCC(=O)CC1=O)C(C)(F)F. The van der Waals surface area contributed by atoms with Crippen LogP contribution in [0.4, 0.5) is 8.78 Å². The van der Waals surface area contributed by atoms with Crippen LogP contribution >= 0.6 is 0 Å². The van der Waals surface area contributed by atoms with Crippen LogP contribution in [-0.2, 0) is 9.59 Å². The van der Waals surface area contributed by atoms with E-state index in [0.717, 1.165) is 11.8 Å². The molecule has 3 nitrogen and oxygen atoms in total. The molecule has 0 aromatic carbocycles. The van der Waals surface area contributed by atoms with Gasteiger partial charge in [-0.15, -0.1) is 0 Å². The molecule has 1 unspecified atom stereocenters. The molecule has 1 saturated heterocycles. The molecule has 0 bridgehead atoms. The summed E-state index contributed by atoms with van der Waals surface area (Å²) in [5.74, 6) is -3.58. The van der Waals surface area contributed by atoms with Crippen molar-refractivity contribution in [3.05, 3.63) is 0 Å². The van der Waals surface area contributed by atoms with E-state index >= 15 is 0 Å². The van der Waals surface area contributed by atoms with Crippen LogP contribution in [0.5, 0.6) is 0 Å². The van der Waals surface area contributed by atoms with Gasteiger partial charge in [0.15, 0.2) is 0 Å². The van der Waals surface area contributed by atoms with Crippen LogP contribution in [0.1, 0.15) is 26.7 Å². The second-order valence-electron chi connectivity index (χ2n) is 3.68. The average molecular weight is 205 g/mol. The summed E-state index contributed by atoms with van der Waals surface area (Å²) < 4.78 is 25.8. The number of Topliss-reactive ketones (excluding diaryl/α,β-unsaturated/α-hetero) is 1. The zero-order chi connectivity index (χ0) is 10.9. The Hall–Kier alpha value is -1.00. The molecule has 0 saturated carbocycles. The van der Waals surface area contributed by atoms with Gasteiger partial charge in [0.05, 0.1) is 12.5 Å². The maximum atomic E-state index is 12.9. The van der Waals surface area contributed by atoms with Crippen LogP contribution in [0.2, 0.25) is 0 Å². The molecular formula is C9H13F2NO2. The van der Waals surface area contributed by atoms with E-state index in [1.807, 2.05) is 0 Å². The predicted molar refractivity (Wildman–Crippen MR) is 46.0 cm³/mol. The third kappa shape index (κ3) is 2.27. The third-order valence-electron chi connectivity index (χ3n) is 2.50. The zero-order valence-electron chi connectivity index (χ0n) is 8.22. The van der Waals surface area contributed by atoms with Crippen molar-refractivity contribution in [3.63, 3.8) is 0 Å². The summed E-state index contributed by atoms with van der Waals surface area (Å²) >= 11 is 0. The number of rotatable bonds is 2. The van der Waals surface area contributed by atoms with Crippen molar-refractivity contribution in [2.75, 3.05) is 6.54 Å². The Balaban J connectivity index is 2.70. The van der Waals surface area contributed by atoms with Gasteiger partial charge < -0.3 is 4.90 Å². The first kappa shape index (κ1) is 11.1. The molecular weight excluding hydrogens is 192 g/mol. The maximum absolute atomic E-state index is 12.9. The first-order chi connectivity index (χ1) is 6.32. The topological polar surface area (TPSA) is 37.4 Å². The number of piperidine rings is 1. The van der Waals surface area contributed by atoms with Gasteiger partial charge in [-0.2, -0.15) is 0 Å². The Bertz CT molecular complexity index is 260. The Labute approximate surface area is 81.1 Å². The molecule has 0 aromatic rings. The van der Waals surface area contributed by atoms with Crippen LogP contribution < -0.4 is 0 Å². The Morgan fingerprint density at radius 2 is 2.00 bits per heavy atom. The first-order valence-electron chi connectivity index (χ1n) is 4.51. The zero-order valence-corrected chi connectivity index (χ0v) is 8.22. The smallest absolute Gasteiger partial charge is 0.265 e. The number of hydrogen-bond donors (Lipinski definition) is 0. The van der Waals surface area contributed by atoms with Gasteiger partial charge in [0.2, 0.25) is 5.91 Å². The minimum absolute atomic E-state index is 0.113. The monoisotopic (exact) mass is 205 g/mol. The summed E-state index contributed by atoms with van der Waals surface area (Å²) in [7, 11) is 0. The highest BCUT2D eigenvalue weighted by molar-refractivity contribution is 6.00. The Morgan fingerprint density at radius 3 is 2.43 bits per heavy atom. The first-order valence-corrected chi connectivity index (χ1v) is 4.51. The summed E-state index contributed by atoms with van der Waals surface area (Å²) in [6, 6.07) is -1.14. The molecule has 0 aliphatic carbocycles. The van der Waals surface area contributed by atoms with Crippen LogP contribution in [-0.4, -0.2) is 35.1 Å². The van der Waals surface area contributed by atoms with Gasteiger partial charge in [0.25, 0.3) is 5.92 Å². The minimum atomic E-state index is -2.92. The molecule has 0 radical (unpaired) electrons. The molecule has 80 valence electrons. The molecule has 0 aromatic heterocycles. The highest BCUT2D eigenvalue weighted by Crippen LogP contribution is 2.24. The largest absolute Gasteiger partial charge is 0.333 e. The number of halogens is 2. The van der Waals surface area contributed by atoms with E-state index in [0.29, 0.717) is 0 Å². The van der Waals surface area contributed by atoms with Crippen molar-refractivity contribution in [1.29, 1.82) is 0 Å². The molecule has 1 aliphatic rings. The van der Waals surface area contributed by atoms with E-state index < -0.39 is 17.9 Å². The lowest BCUT2D eigenvalue weighted by Crippen LogP contribution is -2.51. The van der Waals surface area contributed by atoms with Gasteiger partial charge in [-0.1, -0.05) is 0 Å². The van der Waals surface area contributed by atoms with Crippen LogP contribution in [0.3, 0.4) is 0 Å². The molecule has 0 N–H and O–H groups in total. The highest BCUT2D eigenvalue weighted by Gasteiger charge is 2.39. The number of amides is 1. The lowest BCUT2D eigenvalue weighted by molar-refractivity contribution is -0.149. The number of nitrogens with zero attached hydrogens (tertiary/aromatic N) is 1. The Morgan fingerprint density at radius 1 is 1.43 bits per heavy atom. The third-order valence-corrected chi connectivity index (χ3v) is 2.50. The van der Waals surface area contributed by atoms with Crippen molar-refractivity contribution in [1.82, 2.24) is 4.90 Å². The van der Waals surface area contributed by atoms with E-state index in [-0.39, 0.29) is 25.2 Å². The van der Waals surface area contributed by atoms with Gasteiger partial charge in [-0.3, -0.25) is 9.59 Å². The summed E-state index contributed by atoms with van der Waals surface area (Å²) in [5, 5.41) is 0. The molecule has 1 amide bonds. The molecule has 1 rings (SSSR count). The van der Waals surface area contributed by atoms with Crippen LogP contribution in [0, 0.1) is 0 Å². The van der Waals surface area contributed by atoms with Crippen LogP contribution in [0.25, 0.3) is 0 Å². The van der Waals surface area contributed by atoms with Crippen molar-refractivity contribution in [2.24, 2.45) is 0 Å². The number of carbonyl (C=O) groups excluding carboxylic acids is 2. The molecule has 5 heteroatoms. The lowest BCUT2D eigenvalue weighted by atomic mass is 10.0. The van der Waals surface area contributed by atoms with Gasteiger partial charge in [0.1, 0.15) is 5.78 Å². The van der Waals surface area contributed by atoms with Crippen molar-refractivity contribution >= 4 is 11.7 Å². The lowest BCUT2D eigenvalue weighted by Gasteiger charge is -2.34. The molecule has 1 atom stereocenters. The number of ketones is 1. The van der Waals surface area contributed by atoms with Gasteiger partial charge in [-0.25, -0.2) is 8.78 Å². The second-order valence-corrected chi connectivity index (χ2v) is 3.68. The van der Waals surface area contributed by atoms with Crippen LogP contribution in [0.15, 0.2) is 0 Å². The number of likely N-dealkylation sites (tertiary alicyclic amines) is 1. The van der Waals surface area contributed by atoms with E-state index in [9.17, 15) is 18.4 Å². The summed E-state index contributed by atoms with van der Waals surface area (Å²) in [4.78, 5) is 23.2. The van der Waals surface area contributed by atoms with E-state index in [1.165, 1.54) is 6.92 Å². The number of carbonyl (C=O) groups is 2. The average Bonchev–Trinajstić information content (AvgIpc) is 2.01. The normalized spacial score (nSPS) is 21.3. The summed E-state index contributed by atoms with van der Waals surface area (Å²) in [5.41, 5.74) is 0. The molecule has 14 heavy (non-hydrogen) atoms. The second kappa shape index (κ2) is 3.63. The van der Waals surface area contributed by atoms with Gasteiger partial charge >= 0.3 is 0 Å². The van der Waals surface area contributed by atoms with E-state index in [2.05, 4.69) is 0 Å². The van der Waals surface area contributed by atoms with Crippen molar-refractivity contribution in [2.45, 2.75) is 38.7 Å². The Kier molecular flexibility index (Phi) is 2.87. The fourth-order valence-corrected chi connectivity index (χ4v) is 1.41. The van der Waals surface area contributed by atoms with E-state index in [4.69, 9.17) is 0 Å². The predicted octanol–water partition coefficient (Wildman–Crippen LogP) is 1.22. The fraction of sp³-hybridized carbons (Fsp3) is 0.778.